The van der Waals surface area contributed by atoms with Gasteiger partial charge in [-0.3, -0.25) is 4.79 Å². The molecule has 1 amide bonds. The highest BCUT2D eigenvalue weighted by atomic mass is 32.1. The van der Waals surface area contributed by atoms with Gasteiger partial charge in [-0.05, 0) is 45.1 Å². The molecule has 0 atom stereocenters. The zero-order chi connectivity index (χ0) is 14.9. The van der Waals surface area contributed by atoms with E-state index in [1.54, 1.807) is 0 Å². The first-order chi connectivity index (χ1) is 9.36. The average Bonchev–Trinajstić information content (AvgIpc) is 2.67. The number of nitrogens with zero attached hydrogens (tertiary/aromatic N) is 1. The van der Waals surface area contributed by atoms with Crippen molar-refractivity contribution in [2.75, 3.05) is 6.61 Å². The summed E-state index contributed by atoms with van der Waals surface area (Å²) >= 11 is 5.35. The van der Waals surface area contributed by atoms with Crippen LogP contribution < -0.4 is 10.5 Å². The molecule has 0 fully saturated rings. The molecule has 2 aromatic rings. The molecule has 3 N–H and O–H groups in total. The average molecular weight is 293 g/mol. The number of nitrogens with two attached hydrogens (primary N) is 1. The van der Waals surface area contributed by atoms with Crippen molar-refractivity contribution in [2.45, 2.75) is 27.3 Å². The number of carbonyl (C=O) groups is 1. The molecule has 20 heavy (non-hydrogen) atoms. The monoisotopic (exact) mass is 293 g/mol. The molecule has 0 aliphatic carbocycles. The van der Waals surface area contributed by atoms with Crippen LogP contribution in [0, 0.1) is 10.2 Å². The van der Waals surface area contributed by atoms with Gasteiger partial charge < -0.3 is 20.0 Å². The van der Waals surface area contributed by atoms with Gasteiger partial charge in [-0.25, -0.2) is 0 Å². The maximum atomic E-state index is 11.5. The van der Waals surface area contributed by atoms with Crippen molar-refractivity contribution in [3.8, 4) is 5.75 Å². The van der Waals surface area contributed by atoms with Crippen LogP contribution in [0.25, 0.3) is 11.0 Å². The third-order valence-corrected chi connectivity index (χ3v) is 3.61. The lowest BCUT2D eigenvalue weighted by atomic mass is 9.92. The number of carbonyl (C=O) groups excluding carboxylic acids is 1. The van der Waals surface area contributed by atoms with E-state index in [0.717, 1.165) is 16.8 Å². The van der Waals surface area contributed by atoms with E-state index in [4.69, 9.17) is 22.7 Å². The number of para-hydroxylation sites is 1. The fourth-order valence-corrected chi connectivity index (χ4v) is 2.32. The number of primary amides is 1. The van der Waals surface area contributed by atoms with Crippen molar-refractivity contribution < 1.29 is 9.53 Å². The molecular weight excluding hydrogens is 274 g/mol. The van der Waals surface area contributed by atoms with Crippen LogP contribution in [0.15, 0.2) is 18.2 Å². The van der Waals surface area contributed by atoms with Gasteiger partial charge in [0.25, 0.3) is 0 Å². The van der Waals surface area contributed by atoms with E-state index >= 15 is 0 Å². The first kappa shape index (κ1) is 14.6. The van der Waals surface area contributed by atoms with Crippen LogP contribution in [0.1, 0.15) is 20.8 Å². The second kappa shape index (κ2) is 5.28. The third kappa shape index (κ3) is 2.56. The first-order valence-electron chi connectivity index (χ1n) is 6.51. The maximum Gasteiger partial charge on any atom is 0.224 e. The number of aromatic nitrogens is 2. The summed E-state index contributed by atoms with van der Waals surface area (Å²) in [5.74, 6) is 0.404. The zero-order valence-electron chi connectivity index (χ0n) is 11.9. The van der Waals surface area contributed by atoms with E-state index in [2.05, 4.69) is 4.98 Å². The van der Waals surface area contributed by atoms with Crippen molar-refractivity contribution in [3.05, 3.63) is 23.0 Å². The standard InChI is InChI=1S/C14H19N3O2S/c1-4-19-10-7-5-6-9-11(10)16-13(20)17(9)8-14(2,3)12(15)18/h5-7H,4,8H2,1-3H3,(H2,15,18)(H,16,20). The molecule has 5 nitrogen and oxygen atoms in total. The smallest absolute Gasteiger partial charge is 0.224 e. The van der Waals surface area contributed by atoms with Gasteiger partial charge in [0.1, 0.15) is 11.3 Å². The number of amides is 1. The maximum absolute atomic E-state index is 11.5. The van der Waals surface area contributed by atoms with Crippen molar-refractivity contribution in [3.63, 3.8) is 0 Å². The summed E-state index contributed by atoms with van der Waals surface area (Å²) in [6.45, 7) is 6.56. The number of hydrogen-bond acceptors (Lipinski definition) is 3. The Morgan fingerprint density at radius 2 is 2.20 bits per heavy atom. The predicted octanol–water partition coefficient (Wildman–Crippen LogP) is 2.61. The normalized spacial score (nSPS) is 11.8. The van der Waals surface area contributed by atoms with Gasteiger partial charge in [-0.1, -0.05) is 6.07 Å². The Hall–Kier alpha value is -1.82. The Balaban J connectivity index is 2.55. The summed E-state index contributed by atoms with van der Waals surface area (Å²) < 4.78 is 8.03. The van der Waals surface area contributed by atoms with Crippen LogP contribution in [0.5, 0.6) is 5.75 Å². The summed E-state index contributed by atoms with van der Waals surface area (Å²) in [5.41, 5.74) is 6.52. The van der Waals surface area contributed by atoms with Gasteiger partial charge in [0.05, 0.1) is 17.5 Å². The lowest BCUT2D eigenvalue weighted by Crippen LogP contribution is -2.35. The second-order valence-corrected chi connectivity index (χ2v) is 5.73. The van der Waals surface area contributed by atoms with Crippen LogP contribution >= 0.6 is 12.2 Å². The molecule has 0 unspecified atom stereocenters. The summed E-state index contributed by atoms with van der Waals surface area (Å²) in [7, 11) is 0. The molecule has 0 bridgehead atoms. The van der Waals surface area contributed by atoms with E-state index < -0.39 is 5.41 Å². The molecule has 6 heteroatoms. The third-order valence-electron chi connectivity index (χ3n) is 3.29. The van der Waals surface area contributed by atoms with E-state index in [1.807, 2.05) is 43.5 Å². The summed E-state index contributed by atoms with van der Waals surface area (Å²) in [6, 6.07) is 5.74. The minimum absolute atomic E-state index is 0.352. The zero-order valence-corrected chi connectivity index (χ0v) is 12.7. The number of benzene rings is 1. The van der Waals surface area contributed by atoms with Crippen molar-refractivity contribution in [1.82, 2.24) is 9.55 Å². The summed E-state index contributed by atoms with van der Waals surface area (Å²) in [4.78, 5) is 14.6. The number of ether oxygens (including phenoxy) is 1. The number of hydrogen-bond donors (Lipinski definition) is 2. The highest BCUT2D eigenvalue weighted by Crippen LogP contribution is 2.27. The molecule has 0 radical (unpaired) electrons. The van der Waals surface area contributed by atoms with Gasteiger partial charge in [0.15, 0.2) is 4.77 Å². The molecule has 1 aromatic carbocycles. The molecular formula is C14H19N3O2S. The minimum Gasteiger partial charge on any atom is -0.492 e. The predicted molar refractivity (Wildman–Crippen MR) is 81.3 cm³/mol. The molecule has 0 aliphatic rings. The van der Waals surface area contributed by atoms with Gasteiger partial charge in [0, 0.05) is 6.54 Å². The number of rotatable bonds is 5. The fraction of sp³-hybridized carbons (Fsp3) is 0.429. The number of imidazole rings is 1. The van der Waals surface area contributed by atoms with Crippen molar-refractivity contribution in [1.29, 1.82) is 0 Å². The van der Waals surface area contributed by atoms with Gasteiger partial charge >= 0.3 is 0 Å². The SMILES string of the molecule is CCOc1cccc2c1[nH]c(=S)n2CC(C)(C)C(N)=O. The van der Waals surface area contributed by atoms with E-state index in [-0.39, 0.29) is 5.91 Å². The molecule has 0 spiro atoms. The summed E-state index contributed by atoms with van der Waals surface area (Å²) in [5, 5.41) is 0. The molecule has 0 saturated carbocycles. The second-order valence-electron chi connectivity index (χ2n) is 5.35. The Kier molecular flexibility index (Phi) is 3.85. The van der Waals surface area contributed by atoms with Crippen molar-refractivity contribution >= 4 is 29.2 Å². The van der Waals surface area contributed by atoms with Crippen LogP contribution in [-0.2, 0) is 11.3 Å². The molecule has 0 aliphatic heterocycles. The highest BCUT2D eigenvalue weighted by Gasteiger charge is 2.26. The summed E-state index contributed by atoms with van der Waals surface area (Å²) in [6.07, 6.45) is 0. The number of fused-ring (bicyclic) bond motifs is 1. The molecule has 1 heterocycles. The lowest BCUT2D eigenvalue weighted by molar-refractivity contribution is -0.126. The van der Waals surface area contributed by atoms with Gasteiger partial charge in [-0.15, -0.1) is 0 Å². The molecule has 0 saturated heterocycles. The number of aromatic amines is 1. The molecule has 1 aromatic heterocycles. The first-order valence-corrected chi connectivity index (χ1v) is 6.92. The lowest BCUT2D eigenvalue weighted by Gasteiger charge is -2.21. The molecule has 2 rings (SSSR count). The van der Waals surface area contributed by atoms with Gasteiger partial charge in [-0.2, -0.15) is 0 Å². The van der Waals surface area contributed by atoms with Gasteiger partial charge in [0.2, 0.25) is 5.91 Å². The largest absolute Gasteiger partial charge is 0.492 e. The van der Waals surface area contributed by atoms with E-state index in [9.17, 15) is 4.79 Å². The molecule has 108 valence electrons. The Morgan fingerprint density at radius 3 is 2.80 bits per heavy atom. The van der Waals surface area contributed by atoms with Crippen LogP contribution in [0.3, 0.4) is 0 Å². The Bertz CT molecular complexity index is 700. The van der Waals surface area contributed by atoms with Crippen LogP contribution in [0.4, 0.5) is 0 Å². The van der Waals surface area contributed by atoms with Crippen LogP contribution in [0.2, 0.25) is 0 Å². The number of nitrogens with one attached hydrogen (secondary N) is 1. The Labute approximate surface area is 122 Å². The minimum atomic E-state index is -0.672. The number of H-pyrrole nitrogens is 1. The van der Waals surface area contributed by atoms with Crippen molar-refractivity contribution in [2.24, 2.45) is 11.1 Å². The van der Waals surface area contributed by atoms with E-state index in [0.29, 0.717) is 17.9 Å². The van der Waals surface area contributed by atoms with Crippen LogP contribution in [-0.4, -0.2) is 22.1 Å². The van der Waals surface area contributed by atoms with E-state index in [1.165, 1.54) is 0 Å². The Morgan fingerprint density at radius 1 is 1.50 bits per heavy atom. The fourth-order valence-electron chi connectivity index (χ4n) is 2.06. The highest BCUT2D eigenvalue weighted by molar-refractivity contribution is 7.71. The quantitative estimate of drug-likeness (QED) is 0.832. The topological polar surface area (TPSA) is 73.0 Å².